The van der Waals surface area contributed by atoms with E-state index in [9.17, 15) is 10.1 Å². The lowest BCUT2D eigenvalue weighted by atomic mass is 10.0. The molecule has 0 N–H and O–H groups in total. The van der Waals surface area contributed by atoms with E-state index >= 15 is 0 Å². The molecule has 0 saturated heterocycles. The lowest BCUT2D eigenvalue weighted by molar-refractivity contribution is -0.384. The van der Waals surface area contributed by atoms with Crippen molar-refractivity contribution in [1.82, 2.24) is 0 Å². The van der Waals surface area contributed by atoms with Crippen molar-refractivity contribution < 1.29 is 19.1 Å². The summed E-state index contributed by atoms with van der Waals surface area (Å²) in [5, 5.41) is 10.6. The monoisotopic (exact) mass is 437 g/mol. The highest BCUT2D eigenvalue weighted by Gasteiger charge is 2.04. The zero-order chi connectivity index (χ0) is 22.4. The Morgan fingerprint density at radius 1 is 0.645 bits per heavy atom. The summed E-state index contributed by atoms with van der Waals surface area (Å²) in [6.07, 6.45) is 17.7. The van der Waals surface area contributed by atoms with Crippen molar-refractivity contribution in [2.75, 3.05) is 33.0 Å². The Hall–Kier alpha value is -1.66. The van der Waals surface area contributed by atoms with Gasteiger partial charge in [-0.05, 0) is 18.6 Å². The van der Waals surface area contributed by atoms with E-state index < -0.39 is 4.92 Å². The number of nitro benzene ring substituents is 1. The molecule has 0 amide bonds. The molecule has 0 fully saturated rings. The van der Waals surface area contributed by atoms with Crippen molar-refractivity contribution >= 4 is 5.69 Å². The molecule has 6 heteroatoms. The SMILES string of the molecule is CCCCCCCCCCCCCCCOCCOCCOc1ccc([N+](=O)[O-])cc1. The van der Waals surface area contributed by atoms with Crippen molar-refractivity contribution in [1.29, 1.82) is 0 Å². The molecule has 0 bridgehead atoms. The van der Waals surface area contributed by atoms with Gasteiger partial charge >= 0.3 is 0 Å². The number of nitro groups is 1. The molecule has 0 aliphatic carbocycles. The van der Waals surface area contributed by atoms with E-state index in [4.69, 9.17) is 14.2 Å². The Bertz CT molecular complexity index is 535. The van der Waals surface area contributed by atoms with Gasteiger partial charge in [-0.15, -0.1) is 0 Å². The Morgan fingerprint density at radius 2 is 1.10 bits per heavy atom. The van der Waals surface area contributed by atoms with E-state index in [2.05, 4.69) is 6.92 Å². The lowest BCUT2D eigenvalue weighted by Crippen LogP contribution is -2.11. The zero-order valence-electron chi connectivity index (χ0n) is 19.5. The molecule has 31 heavy (non-hydrogen) atoms. The van der Waals surface area contributed by atoms with Crippen LogP contribution in [0.25, 0.3) is 0 Å². The van der Waals surface area contributed by atoms with Gasteiger partial charge in [0, 0.05) is 18.7 Å². The maximum atomic E-state index is 10.6. The first-order valence-electron chi connectivity index (χ1n) is 12.3. The Kier molecular flexibility index (Phi) is 17.9. The van der Waals surface area contributed by atoms with Gasteiger partial charge in [0.05, 0.1) is 24.7 Å². The Balaban J connectivity index is 1.75. The van der Waals surface area contributed by atoms with Crippen molar-refractivity contribution in [3.63, 3.8) is 0 Å². The average Bonchev–Trinajstić information content (AvgIpc) is 2.78. The maximum absolute atomic E-state index is 10.6. The van der Waals surface area contributed by atoms with Gasteiger partial charge in [-0.25, -0.2) is 0 Å². The third-order valence-corrected chi connectivity index (χ3v) is 5.31. The standard InChI is InChI=1S/C25H43NO5/c1-2-3-4-5-6-7-8-9-10-11-12-13-14-19-29-20-21-30-22-23-31-25-17-15-24(16-18-25)26(27)28/h15-18H,2-14,19-23H2,1H3. The normalized spacial score (nSPS) is 11.0. The summed E-state index contributed by atoms with van der Waals surface area (Å²) in [6.45, 7) is 5.13. The first-order chi connectivity index (χ1) is 15.2. The van der Waals surface area contributed by atoms with Crippen molar-refractivity contribution in [2.24, 2.45) is 0 Å². The molecule has 1 aromatic rings. The predicted molar refractivity (Wildman–Crippen MR) is 126 cm³/mol. The van der Waals surface area contributed by atoms with E-state index in [1.165, 1.54) is 89.2 Å². The van der Waals surface area contributed by atoms with Gasteiger partial charge in [0.2, 0.25) is 0 Å². The highest BCUT2D eigenvalue weighted by molar-refractivity contribution is 5.35. The van der Waals surface area contributed by atoms with Crippen LogP contribution < -0.4 is 4.74 Å². The number of non-ortho nitro benzene ring substituents is 1. The van der Waals surface area contributed by atoms with Crippen LogP contribution in [0.2, 0.25) is 0 Å². The molecule has 178 valence electrons. The summed E-state index contributed by atoms with van der Waals surface area (Å²) in [5.74, 6) is 0.604. The molecule has 6 nitrogen and oxygen atoms in total. The lowest BCUT2D eigenvalue weighted by Gasteiger charge is -2.08. The second-order valence-electron chi connectivity index (χ2n) is 8.07. The average molecular weight is 438 g/mol. The first kappa shape index (κ1) is 27.4. The number of unbranched alkanes of at least 4 members (excludes halogenated alkanes) is 12. The number of benzene rings is 1. The molecule has 0 atom stereocenters. The van der Waals surface area contributed by atoms with E-state index in [-0.39, 0.29) is 5.69 Å². The molecule has 0 radical (unpaired) electrons. The van der Waals surface area contributed by atoms with Crippen LogP contribution in [-0.2, 0) is 9.47 Å². The highest BCUT2D eigenvalue weighted by Crippen LogP contribution is 2.17. The quantitative estimate of drug-likeness (QED) is 0.110. The number of rotatable bonds is 22. The van der Waals surface area contributed by atoms with Crippen molar-refractivity contribution in [3.8, 4) is 5.75 Å². The smallest absolute Gasteiger partial charge is 0.269 e. The van der Waals surface area contributed by atoms with Gasteiger partial charge in [0.1, 0.15) is 12.4 Å². The molecule has 1 aromatic carbocycles. The second-order valence-corrected chi connectivity index (χ2v) is 8.07. The van der Waals surface area contributed by atoms with Crippen LogP contribution in [0.3, 0.4) is 0 Å². The number of hydrogen-bond acceptors (Lipinski definition) is 5. The van der Waals surface area contributed by atoms with Crippen LogP contribution in [0.5, 0.6) is 5.75 Å². The molecule has 0 saturated carbocycles. The van der Waals surface area contributed by atoms with Gasteiger partial charge in [-0.3, -0.25) is 10.1 Å². The van der Waals surface area contributed by atoms with Crippen LogP contribution in [-0.4, -0.2) is 38.0 Å². The van der Waals surface area contributed by atoms with Crippen LogP contribution in [0, 0.1) is 10.1 Å². The molecule has 0 unspecified atom stereocenters. The van der Waals surface area contributed by atoms with E-state index in [0.717, 1.165) is 13.0 Å². The van der Waals surface area contributed by atoms with Crippen LogP contribution >= 0.6 is 0 Å². The molecule has 0 aliphatic rings. The van der Waals surface area contributed by atoms with E-state index in [1.54, 1.807) is 12.1 Å². The summed E-state index contributed by atoms with van der Waals surface area (Å²) < 4.78 is 16.6. The van der Waals surface area contributed by atoms with Crippen LogP contribution in [0.15, 0.2) is 24.3 Å². The molecular weight excluding hydrogens is 394 g/mol. The minimum Gasteiger partial charge on any atom is -0.491 e. The number of hydrogen-bond donors (Lipinski definition) is 0. The maximum Gasteiger partial charge on any atom is 0.269 e. The molecule has 1 rings (SSSR count). The third-order valence-electron chi connectivity index (χ3n) is 5.31. The summed E-state index contributed by atoms with van der Waals surface area (Å²) in [7, 11) is 0. The van der Waals surface area contributed by atoms with Crippen LogP contribution in [0.4, 0.5) is 5.69 Å². The van der Waals surface area contributed by atoms with E-state index in [1.807, 2.05) is 0 Å². The van der Waals surface area contributed by atoms with E-state index in [0.29, 0.717) is 32.2 Å². The fourth-order valence-electron chi connectivity index (χ4n) is 3.43. The molecular formula is C25H43NO5. The summed E-state index contributed by atoms with van der Waals surface area (Å²) in [6, 6.07) is 6.05. The minimum absolute atomic E-state index is 0.0595. The molecule has 0 spiro atoms. The topological polar surface area (TPSA) is 70.8 Å². The van der Waals surface area contributed by atoms with Gasteiger partial charge in [-0.1, -0.05) is 84.0 Å². The number of ether oxygens (including phenoxy) is 3. The minimum atomic E-state index is -0.426. The van der Waals surface area contributed by atoms with Gasteiger partial charge < -0.3 is 14.2 Å². The van der Waals surface area contributed by atoms with Gasteiger partial charge in [0.25, 0.3) is 5.69 Å². The molecule has 0 aromatic heterocycles. The number of nitrogens with zero attached hydrogens (tertiary/aromatic N) is 1. The fourth-order valence-corrected chi connectivity index (χ4v) is 3.43. The predicted octanol–water partition coefficient (Wildman–Crippen LogP) is 7.10. The molecule has 0 aliphatic heterocycles. The first-order valence-corrected chi connectivity index (χ1v) is 12.3. The third kappa shape index (κ3) is 16.7. The summed E-state index contributed by atoms with van der Waals surface area (Å²) in [4.78, 5) is 10.2. The second kappa shape index (κ2) is 20.3. The Morgan fingerprint density at radius 3 is 1.61 bits per heavy atom. The highest BCUT2D eigenvalue weighted by atomic mass is 16.6. The van der Waals surface area contributed by atoms with Crippen molar-refractivity contribution in [2.45, 2.75) is 90.4 Å². The Labute approximate surface area is 188 Å². The van der Waals surface area contributed by atoms with Crippen molar-refractivity contribution in [3.05, 3.63) is 34.4 Å². The summed E-state index contributed by atoms with van der Waals surface area (Å²) in [5.41, 5.74) is 0.0595. The van der Waals surface area contributed by atoms with Gasteiger partial charge in [0.15, 0.2) is 0 Å². The van der Waals surface area contributed by atoms with Gasteiger partial charge in [-0.2, -0.15) is 0 Å². The fraction of sp³-hybridized carbons (Fsp3) is 0.760. The molecule has 0 heterocycles. The zero-order valence-corrected chi connectivity index (χ0v) is 19.5. The largest absolute Gasteiger partial charge is 0.491 e. The summed E-state index contributed by atoms with van der Waals surface area (Å²) >= 11 is 0. The van der Waals surface area contributed by atoms with Crippen LogP contribution in [0.1, 0.15) is 90.4 Å².